The fraction of sp³-hybridized carbons (Fsp3) is 0.250. The van der Waals surface area contributed by atoms with Gasteiger partial charge in [0.15, 0.2) is 6.10 Å². The summed E-state index contributed by atoms with van der Waals surface area (Å²) in [7, 11) is 3.77. The Morgan fingerprint density at radius 1 is 1.32 bits per heavy atom. The molecule has 2 N–H and O–H groups in total. The third-order valence-electron chi connectivity index (χ3n) is 3.18. The number of aromatic nitrogens is 1. The number of amides is 1. The van der Waals surface area contributed by atoms with E-state index in [1.54, 1.807) is 30.5 Å². The number of nitrogens with zero attached hydrogens (tertiary/aromatic N) is 2. The molecule has 0 fully saturated rings. The van der Waals surface area contributed by atoms with Crippen LogP contribution in [-0.4, -0.2) is 30.1 Å². The summed E-state index contributed by atoms with van der Waals surface area (Å²) < 4.78 is 0. The van der Waals surface area contributed by atoms with Crippen molar-refractivity contribution in [1.82, 2.24) is 10.3 Å². The lowest BCUT2D eigenvalue weighted by atomic mass is 10.1. The van der Waals surface area contributed by atoms with Gasteiger partial charge >= 0.3 is 0 Å². The van der Waals surface area contributed by atoms with Crippen molar-refractivity contribution < 1.29 is 9.90 Å². The molecule has 0 aliphatic carbocycles. The first-order valence-corrected chi connectivity index (χ1v) is 7.19. The van der Waals surface area contributed by atoms with Crippen molar-refractivity contribution in [3.05, 3.63) is 58.7 Å². The molecule has 0 spiro atoms. The van der Waals surface area contributed by atoms with Crippen molar-refractivity contribution in [3.63, 3.8) is 0 Å². The second-order valence-electron chi connectivity index (χ2n) is 5.05. The minimum Gasteiger partial charge on any atom is -0.378 e. The number of pyridine rings is 1. The SMILES string of the molecule is CN(C)c1ncccc1CNC(=O)C(O)c1ccc(Cl)cc1. The lowest BCUT2D eigenvalue weighted by Gasteiger charge is -2.17. The average Bonchev–Trinajstić information content (AvgIpc) is 2.52. The zero-order valence-corrected chi connectivity index (χ0v) is 13.2. The lowest BCUT2D eigenvalue weighted by molar-refractivity contribution is -0.129. The fourth-order valence-electron chi connectivity index (χ4n) is 2.05. The number of anilines is 1. The molecule has 6 heteroatoms. The standard InChI is InChI=1S/C16H18ClN3O2/c1-20(2)15-12(4-3-9-18-15)10-19-16(22)14(21)11-5-7-13(17)8-6-11/h3-9,14,21H,10H2,1-2H3,(H,19,22). The van der Waals surface area contributed by atoms with Crippen LogP contribution in [0, 0.1) is 0 Å². The van der Waals surface area contributed by atoms with Gasteiger partial charge in [0.1, 0.15) is 5.82 Å². The van der Waals surface area contributed by atoms with Crippen LogP contribution in [0.3, 0.4) is 0 Å². The Hall–Kier alpha value is -2.11. The second kappa shape index (κ2) is 7.24. The third-order valence-corrected chi connectivity index (χ3v) is 3.43. The summed E-state index contributed by atoms with van der Waals surface area (Å²) >= 11 is 5.79. The van der Waals surface area contributed by atoms with Gasteiger partial charge in [-0.25, -0.2) is 4.98 Å². The second-order valence-corrected chi connectivity index (χ2v) is 5.49. The number of rotatable bonds is 5. The first-order valence-electron chi connectivity index (χ1n) is 6.81. The molecule has 1 atom stereocenters. The molecule has 0 radical (unpaired) electrons. The molecule has 2 aromatic rings. The van der Waals surface area contributed by atoms with Gasteiger partial charge in [-0.2, -0.15) is 0 Å². The number of benzene rings is 1. The highest BCUT2D eigenvalue weighted by molar-refractivity contribution is 6.30. The quantitative estimate of drug-likeness (QED) is 0.886. The summed E-state index contributed by atoms with van der Waals surface area (Å²) in [5.74, 6) is 0.319. The number of halogens is 1. The van der Waals surface area contributed by atoms with E-state index in [9.17, 15) is 9.90 Å². The molecule has 0 aliphatic heterocycles. The maximum absolute atomic E-state index is 12.1. The van der Waals surface area contributed by atoms with Crippen molar-refractivity contribution in [1.29, 1.82) is 0 Å². The van der Waals surface area contributed by atoms with E-state index in [-0.39, 0.29) is 0 Å². The summed E-state index contributed by atoms with van der Waals surface area (Å²) in [4.78, 5) is 18.2. The Kier molecular flexibility index (Phi) is 5.35. The molecule has 5 nitrogen and oxygen atoms in total. The average molecular weight is 320 g/mol. The predicted molar refractivity (Wildman–Crippen MR) is 86.8 cm³/mol. The minimum absolute atomic E-state index is 0.296. The summed E-state index contributed by atoms with van der Waals surface area (Å²) in [6, 6.07) is 10.2. The van der Waals surface area contributed by atoms with Gasteiger partial charge < -0.3 is 15.3 Å². The minimum atomic E-state index is -1.23. The van der Waals surface area contributed by atoms with E-state index in [2.05, 4.69) is 10.3 Å². The number of hydrogen-bond donors (Lipinski definition) is 2. The van der Waals surface area contributed by atoms with Gasteiger partial charge in [0.2, 0.25) is 0 Å². The lowest BCUT2D eigenvalue weighted by Crippen LogP contribution is -2.29. The molecule has 1 aromatic heterocycles. The van der Waals surface area contributed by atoms with Gasteiger partial charge in [0.25, 0.3) is 5.91 Å². The third kappa shape index (κ3) is 3.96. The largest absolute Gasteiger partial charge is 0.378 e. The molecule has 116 valence electrons. The maximum Gasteiger partial charge on any atom is 0.253 e. The van der Waals surface area contributed by atoms with Gasteiger partial charge in [-0.3, -0.25) is 4.79 Å². The van der Waals surface area contributed by atoms with Gasteiger partial charge in [0.05, 0.1) is 0 Å². The van der Waals surface area contributed by atoms with E-state index in [1.165, 1.54) is 0 Å². The van der Waals surface area contributed by atoms with Gasteiger partial charge in [-0.05, 0) is 23.8 Å². The Balaban J connectivity index is 2.02. The normalized spacial score (nSPS) is 11.8. The van der Waals surface area contributed by atoms with Crippen molar-refractivity contribution in [2.75, 3.05) is 19.0 Å². The summed E-state index contributed by atoms with van der Waals surface area (Å²) in [5.41, 5.74) is 1.38. The number of hydrogen-bond acceptors (Lipinski definition) is 4. The number of nitrogens with one attached hydrogen (secondary N) is 1. The van der Waals surface area contributed by atoms with Crippen LogP contribution < -0.4 is 10.2 Å². The summed E-state index contributed by atoms with van der Waals surface area (Å²) in [5, 5.41) is 13.3. The van der Waals surface area contributed by atoms with E-state index in [4.69, 9.17) is 11.6 Å². The van der Waals surface area contributed by atoms with Crippen LogP contribution in [0.5, 0.6) is 0 Å². The topological polar surface area (TPSA) is 65.5 Å². The zero-order chi connectivity index (χ0) is 16.1. The highest BCUT2D eigenvalue weighted by Crippen LogP contribution is 2.18. The predicted octanol–water partition coefficient (Wildman–Crippen LogP) is 2.15. The fourth-order valence-corrected chi connectivity index (χ4v) is 2.17. The molecule has 0 saturated carbocycles. The van der Waals surface area contributed by atoms with E-state index >= 15 is 0 Å². The molecule has 0 aliphatic rings. The number of aliphatic hydroxyl groups excluding tert-OH is 1. The van der Waals surface area contributed by atoms with Crippen LogP contribution in [0.15, 0.2) is 42.6 Å². The smallest absolute Gasteiger partial charge is 0.253 e. The van der Waals surface area contributed by atoms with Crippen LogP contribution in [0.25, 0.3) is 0 Å². The molecule has 1 unspecified atom stereocenters. The molecular weight excluding hydrogens is 302 g/mol. The van der Waals surface area contributed by atoms with Crippen LogP contribution >= 0.6 is 11.6 Å². The van der Waals surface area contributed by atoms with E-state index in [0.717, 1.165) is 11.4 Å². The van der Waals surface area contributed by atoms with Crippen LogP contribution in [-0.2, 0) is 11.3 Å². The van der Waals surface area contributed by atoms with E-state index < -0.39 is 12.0 Å². The molecule has 1 aromatic carbocycles. The van der Waals surface area contributed by atoms with Crippen LogP contribution in [0.2, 0.25) is 5.02 Å². The number of carbonyl (C=O) groups excluding carboxylic acids is 1. The Morgan fingerprint density at radius 3 is 2.64 bits per heavy atom. The Bertz CT molecular complexity index is 644. The summed E-state index contributed by atoms with van der Waals surface area (Å²) in [6.45, 7) is 0.296. The molecule has 0 saturated heterocycles. The van der Waals surface area contributed by atoms with Gasteiger partial charge in [-0.15, -0.1) is 0 Å². The van der Waals surface area contributed by atoms with Crippen LogP contribution in [0.4, 0.5) is 5.82 Å². The zero-order valence-electron chi connectivity index (χ0n) is 12.5. The monoisotopic (exact) mass is 319 g/mol. The number of carbonyl (C=O) groups is 1. The van der Waals surface area contributed by atoms with Gasteiger partial charge in [0, 0.05) is 37.4 Å². The highest BCUT2D eigenvalue weighted by Gasteiger charge is 2.17. The number of aliphatic hydroxyl groups is 1. The molecule has 22 heavy (non-hydrogen) atoms. The van der Waals surface area contributed by atoms with Crippen molar-refractivity contribution >= 4 is 23.3 Å². The van der Waals surface area contributed by atoms with Crippen molar-refractivity contribution in [3.8, 4) is 0 Å². The molecular formula is C16H18ClN3O2. The van der Waals surface area contributed by atoms with E-state index in [1.807, 2.05) is 31.1 Å². The van der Waals surface area contributed by atoms with Gasteiger partial charge in [-0.1, -0.05) is 29.8 Å². The van der Waals surface area contributed by atoms with E-state index in [0.29, 0.717) is 17.1 Å². The van der Waals surface area contributed by atoms with Crippen molar-refractivity contribution in [2.24, 2.45) is 0 Å². The Labute approximate surface area is 134 Å². The van der Waals surface area contributed by atoms with Crippen molar-refractivity contribution in [2.45, 2.75) is 12.6 Å². The maximum atomic E-state index is 12.1. The first-order chi connectivity index (χ1) is 10.5. The Morgan fingerprint density at radius 2 is 2.00 bits per heavy atom. The molecule has 2 rings (SSSR count). The molecule has 1 amide bonds. The molecule has 0 bridgehead atoms. The summed E-state index contributed by atoms with van der Waals surface area (Å²) in [6.07, 6.45) is 0.472. The highest BCUT2D eigenvalue weighted by atomic mass is 35.5. The van der Waals surface area contributed by atoms with Crippen LogP contribution in [0.1, 0.15) is 17.2 Å². The molecule has 1 heterocycles. The first kappa shape index (κ1) is 16.3.